The van der Waals surface area contributed by atoms with Crippen molar-refractivity contribution in [3.63, 3.8) is 0 Å². The average Bonchev–Trinajstić information content (AvgIpc) is 3.26. The number of rotatable bonds is 0. The average molecular weight is 341 g/mol. The number of nitrogens with one attached hydrogen (secondary N) is 1. The molecule has 3 aliphatic heterocycles. The first-order valence-electron chi connectivity index (χ1n) is 8.71. The minimum atomic E-state index is -0.301. The van der Waals surface area contributed by atoms with E-state index in [1.165, 1.54) is 5.56 Å². The Balaban J connectivity index is 1.78. The second-order valence-electron chi connectivity index (χ2n) is 7.06. The van der Waals surface area contributed by atoms with Crippen molar-refractivity contribution in [3.8, 4) is 0 Å². The molecule has 5 nitrogen and oxygen atoms in total. The van der Waals surface area contributed by atoms with Crippen molar-refractivity contribution < 1.29 is 9.59 Å². The van der Waals surface area contributed by atoms with Crippen LogP contribution in [-0.2, 0) is 23.1 Å². The maximum absolute atomic E-state index is 12.7. The number of carbonyl (C=O) groups is 2. The van der Waals surface area contributed by atoms with Gasteiger partial charge in [-0.05, 0) is 17.7 Å². The number of imide groups is 1. The molecular formula is C21H15N3O2. The van der Waals surface area contributed by atoms with Crippen LogP contribution in [0.3, 0.4) is 0 Å². The lowest BCUT2D eigenvalue weighted by Gasteiger charge is -2.33. The number of aromatic nitrogens is 1. The summed E-state index contributed by atoms with van der Waals surface area (Å²) in [7, 11) is 2.04. The second-order valence-corrected chi connectivity index (χ2v) is 7.06. The van der Waals surface area contributed by atoms with Gasteiger partial charge in [-0.2, -0.15) is 0 Å². The number of aryl methyl sites for hydroxylation is 1. The monoisotopic (exact) mass is 341 g/mol. The third-order valence-corrected chi connectivity index (χ3v) is 5.84. The van der Waals surface area contributed by atoms with Crippen LogP contribution in [0.25, 0.3) is 16.5 Å². The van der Waals surface area contributed by atoms with Crippen LogP contribution < -0.4 is 10.2 Å². The van der Waals surface area contributed by atoms with Crippen LogP contribution in [0.1, 0.15) is 22.9 Å². The Bertz CT molecular complexity index is 1200. The molecule has 1 N–H and O–H groups in total. The highest BCUT2D eigenvalue weighted by Crippen LogP contribution is 2.52. The lowest BCUT2D eigenvalue weighted by molar-refractivity contribution is -0.123. The Morgan fingerprint density at radius 2 is 1.77 bits per heavy atom. The predicted molar refractivity (Wildman–Crippen MR) is 98.4 cm³/mol. The summed E-state index contributed by atoms with van der Waals surface area (Å²) in [6.07, 6.45) is 0.825. The van der Waals surface area contributed by atoms with Gasteiger partial charge in [0, 0.05) is 35.6 Å². The van der Waals surface area contributed by atoms with Gasteiger partial charge in [-0.25, -0.2) is 0 Å². The molecule has 0 saturated heterocycles. The third-order valence-electron chi connectivity index (χ3n) is 5.84. The Hall–Kier alpha value is -3.34. The molecule has 1 aromatic heterocycles. The fourth-order valence-electron chi connectivity index (χ4n) is 4.85. The largest absolute Gasteiger partial charge is 0.345 e. The zero-order valence-corrected chi connectivity index (χ0v) is 14.1. The quantitative estimate of drug-likeness (QED) is 0.640. The van der Waals surface area contributed by atoms with Crippen molar-refractivity contribution in [3.05, 3.63) is 71.0 Å². The summed E-state index contributed by atoms with van der Waals surface area (Å²) in [5.41, 5.74) is 6.32. The standard InChI is InChI=1S/C21H15N3O2/c1-23-14-9-5-3-7-12(14)16-17-19(21(26)22-20(17)25)24-13-8-4-2-6-11(13)10-15(24)18(16)23/h2-9,15H,10H2,1H3,(H,22,25,26). The maximum Gasteiger partial charge on any atom is 0.275 e. The maximum atomic E-state index is 12.7. The van der Waals surface area contributed by atoms with E-state index >= 15 is 0 Å². The highest BCUT2D eigenvalue weighted by atomic mass is 16.2. The molecule has 0 aliphatic carbocycles. The zero-order valence-electron chi connectivity index (χ0n) is 14.1. The van der Waals surface area contributed by atoms with E-state index in [4.69, 9.17) is 0 Å². The van der Waals surface area contributed by atoms with Crippen LogP contribution >= 0.6 is 0 Å². The summed E-state index contributed by atoms with van der Waals surface area (Å²) in [6, 6.07) is 16.2. The lowest BCUT2D eigenvalue weighted by Crippen LogP contribution is -2.34. The molecule has 0 radical (unpaired) electrons. The summed E-state index contributed by atoms with van der Waals surface area (Å²) in [4.78, 5) is 27.5. The number of carbonyl (C=O) groups excluding carboxylic acids is 2. The Kier molecular flexibility index (Phi) is 2.37. The Morgan fingerprint density at radius 3 is 2.65 bits per heavy atom. The van der Waals surface area contributed by atoms with Crippen molar-refractivity contribution in [2.24, 2.45) is 7.05 Å². The normalized spacial score (nSPS) is 20.2. The summed E-state index contributed by atoms with van der Waals surface area (Å²) >= 11 is 0. The predicted octanol–water partition coefficient (Wildman–Crippen LogP) is 2.66. The zero-order chi connectivity index (χ0) is 17.6. The Labute approximate surface area is 149 Å². The molecule has 3 aliphatic rings. The first-order valence-corrected chi connectivity index (χ1v) is 8.71. The van der Waals surface area contributed by atoms with Crippen LogP contribution in [0.15, 0.2) is 54.2 Å². The van der Waals surface area contributed by atoms with E-state index in [1.54, 1.807) is 0 Å². The number of hydrogen-bond donors (Lipinski definition) is 1. The van der Waals surface area contributed by atoms with E-state index in [9.17, 15) is 9.59 Å². The first-order chi connectivity index (χ1) is 12.7. The van der Waals surface area contributed by atoms with Gasteiger partial charge in [-0.1, -0.05) is 36.4 Å². The highest BCUT2D eigenvalue weighted by molar-refractivity contribution is 6.39. The van der Waals surface area contributed by atoms with E-state index in [0.717, 1.165) is 34.3 Å². The van der Waals surface area contributed by atoms with Gasteiger partial charge in [0.15, 0.2) is 0 Å². The molecule has 0 fully saturated rings. The highest BCUT2D eigenvalue weighted by Gasteiger charge is 2.48. The van der Waals surface area contributed by atoms with Crippen molar-refractivity contribution in [1.29, 1.82) is 0 Å². The lowest BCUT2D eigenvalue weighted by atomic mass is 9.92. The van der Waals surface area contributed by atoms with Gasteiger partial charge in [-0.15, -0.1) is 0 Å². The van der Waals surface area contributed by atoms with Crippen molar-refractivity contribution >= 4 is 34.0 Å². The van der Waals surface area contributed by atoms with Crippen molar-refractivity contribution in [2.75, 3.05) is 4.90 Å². The number of anilines is 1. The van der Waals surface area contributed by atoms with Gasteiger partial charge >= 0.3 is 0 Å². The smallest absolute Gasteiger partial charge is 0.275 e. The number of hydrogen-bond acceptors (Lipinski definition) is 3. The SMILES string of the molecule is Cn1c2c(c3ccccc31)C1=C(C(=O)NC1=O)N1c3ccccc3CC21. The van der Waals surface area contributed by atoms with Crippen LogP contribution in [-0.4, -0.2) is 16.4 Å². The molecule has 4 heterocycles. The van der Waals surface area contributed by atoms with Gasteiger partial charge in [-0.3, -0.25) is 14.9 Å². The molecule has 3 aromatic rings. The van der Waals surface area contributed by atoms with E-state index in [-0.39, 0.29) is 17.9 Å². The summed E-state index contributed by atoms with van der Waals surface area (Å²) in [5, 5.41) is 3.54. The minimum Gasteiger partial charge on any atom is -0.345 e. The minimum absolute atomic E-state index is 0.0233. The number of benzene rings is 2. The fourth-order valence-corrected chi connectivity index (χ4v) is 4.85. The number of nitrogens with zero attached hydrogens (tertiary/aromatic N) is 2. The summed E-state index contributed by atoms with van der Waals surface area (Å²) in [6.45, 7) is 0. The number of fused-ring (bicyclic) bond motifs is 9. The second kappa shape index (κ2) is 4.43. The fraction of sp³-hybridized carbons (Fsp3) is 0.143. The molecule has 0 bridgehead atoms. The van der Waals surface area contributed by atoms with E-state index < -0.39 is 0 Å². The van der Waals surface area contributed by atoms with Crippen molar-refractivity contribution in [1.82, 2.24) is 9.88 Å². The van der Waals surface area contributed by atoms with E-state index in [0.29, 0.717) is 11.3 Å². The molecule has 2 amide bonds. The molecule has 5 heteroatoms. The van der Waals surface area contributed by atoms with E-state index in [1.807, 2.05) is 43.4 Å². The molecule has 6 rings (SSSR count). The van der Waals surface area contributed by atoms with Crippen LogP contribution in [0.4, 0.5) is 5.69 Å². The molecule has 0 spiro atoms. The molecule has 1 unspecified atom stereocenters. The Morgan fingerprint density at radius 1 is 1.00 bits per heavy atom. The van der Waals surface area contributed by atoms with Crippen LogP contribution in [0, 0.1) is 0 Å². The third kappa shape index (κ3) is 1.43. The molecule has 26 heavy (non-hydrogen) atoms. The first kappa shape index (κ1) is 13.9. The van der Waals surface area contributed by atoms with Gasteiger partial charge in [0.1, 0.15) is 5.70 Å². The van der Waals surface area contributed by atoms with E-state index in [2.05, 4.69) is 26.9 Å². The topological polar surface area (TPSA) is 54.3 Å². The van der Waals surface area contributed by atoms with Gasteiger partial charge < -0.3 is 9.47 Å². The van der Waals surface area contributed by atoms with Crippen LogP contribution in [0.5, 0.6) is 0 Å². The summed E-state index contributed by atoms with van der Waals surface area (Å²) in [5.74, 6) is -0.601. The summed E-state index contributed by atoms with van der Waals surface area (Å²) < 4.78 is 2.17. The van der Waals surface area contributed by atoms with Gasteiger partial charge in [0.05, 0.1) is 17.3 Å². The molecular weight excluding hydrogens is 326 g/mol. The number of amides is 2. The number of para-hydroxylation sites is 2. The van der Waals surface area contributed by atoms with Crippen molar-refractivity contribution in [2.45, 2.75) is 12.5 Å². The molecule has 2 aromatic carbocycles. The molecule has 0 saturated carbocycles. The molecule has 126 valence electrons. The molecule has 1 atom stereocenters. The van der Waals surface area contributed by atoms with Gasteiger partial charge in [0.2, 0.25) is 0 Å². The van der Waals surface area contributed by atoms with Gasteiger partial charge in [0.25, 0.3) is 11.8 Å². The van der Waals surface area contributed by atoms with Crippen LogP contribution in [0.2, 0.25) is 0 Å².